The summed E-state index contributed by atoms with van der Waals surface area (Å²) in [5, 5.41) is 14.3. The Morgan fingerprint density at radius 3 is 2.90 bits per heavy atom. The fourth-order valence-electron chi connectivity index (χ4n) is 2.45. The van der Waals surface area contributed by atoms with Gasteiger partial charge in [0.25, 0.3) is 0 Å². The number of benzene rings is 1. The number of rotatable bonds is 7. The average molecular weight is 449 g/mol. The molecule has 0 radical (unpaired) electrons. The Balaban J connectivity index is 1.49. The van der Waals surface area contributed by atoms with Crippen LogP contribution in [0.15, 0.2) is 67.8 Å². The van der Waals surface area contributed by atoms with Gasteiger partial charge >= 0.3 is 0 Å². The summed E-state index contributed by atoms with van der Waals surface area (Å²) in [6.45, 7) is 0.203. The lowest BCUT2D eigenvalue weighted by molar-refractivity contribution is 0.270. The van der Waals surface area contributed by atoms with Gasteiger partial charge in [0, 0.05) is 11.1 Å². The minimum atomic E-state index is 0.203. The molecule has 0 aliphatic carbocycles. The fourth-order valence-corrected chi connectivity index (χ4v) is 3.21. The van der Waals surface area contributed by atoms with Crippen molar-refractivity contribution in [1.82, 2.24) is 14.9 Å². The Labute approximate surface area is 180 Å². The molecule has 0 amide bonds. The Morgan fingerprint density at radius 2 is 2.10 bits per heavy atom. The van der Waals surface area contributed by atoms with Crippen molar-refractivity contribution in [1.29, 1.82) is 0 Å². The summed E-state index contributed by atoms with van der Waals surface area (Å²) in [7, 11) is 0. The Hall–Kier alpha value is -2.68. The maximum absolute atomic E-state index is 6.10. The number of nitrogens with zero attached hydrogens (tertiary/aromatic N) is 4. The van der Waals surface area contributed by atoms with Crippen LogP contribution in [0.5, 0.6) is 5.75 Å². The lowest BCUT2D eigenvalue weighted by Crippen LogP contribution is -1.96. The first-order chi connectivity index (χ1) is 14.1. The standard InChI is InChI=1S/C19H14Cl2N4O3S/c1-29-19-24-23-18(16-3-2-8-26-16)25(19)22-10-13-5-6-14(28-13)11-27-17-9-12(20)4-7-15(17)21/h2-10H,11H2,1H3. The Morgan fingerprint density at radius 1 is 1.21 bits per heavy atom. The Bertz CT molecular complexity index is 1140. The quantitative estimate of drug-likeness (QED) is 0.269. The van der Waals surface area contributed by atoms with Gasteiger partial charge in [0.15, 0.2) is 5.76 Å². The van der Waals surface area contributed by atoms with Crippen molar-refractivity contribution in [3.8, 4) is 17.3 Å². The van der Waals surface area contributed by atoms with E-state index in [1.165, 1.54) is 11.8 Å². The van der Waals surface area contributed by atoms with Crippen LogP contribution in [0.4, 0.5) is 0 Å². The maximum Gasteiger partial charge on any atom is 0.221 e. The highest BCUT2D eigenvalue weighted by Crippen LogP contribution is 2.28. The molecule has 29 heavy (non-hydrogen) atoms. The lowest BCUT2D eigenvalue weighted by Gasteiger charge is -2.06. The van der Waals surface area contributed by atoms with Gasteiger partial charge in [-0.05, 0) is 42.7 Å². The predicted octanol–water partition coefficient (Wildman–Crippen LogP) is 5.62. The molecule has 0 bridgehead atoms. The van der Waals surface area contributed by atoms with Gasteiger partial charge in [-0.25, -0.2) is 0 Å². The van der Waals surface area contributed by atoms with Crippen molar-refractivity contribution in [2.75, 3.05) is 6.26 Å². The second-order valence-corrected chi connectivity index (χ2v) is 7.33. The van der Waals surface area contributed by atoms with E-state index in [2.05, 4.69) is 15.3 Å². The van der Waals surface area contributed by atoms with Gasteiger partial charge in [-0.1, -0.05) is 35.0 Å². The topological polar surface area (TPSA) is 78.6 Å². The molecule has 0 aliphatic heterocycles. The first-order valence-electron chi connectivity index (χ1n) is 8.38. The zero-order valence-corrected chi connectivity index (χ0v) is 17.4. The largest absolute Gasteiger partial charge is 0.484 e. The van der Waals surface area contributed by atoms with Crippen LogP contribution in [-0.2, 0) is 6.61 Å². The molecule has 0 saturated carbocycles. The van der Waals surface area contributed by atoms with Crippen molar-refractivity contribution >= 4 is 41.2 Å². The maximum atomic E-state index is 6.10. The Kier molecular flexibility index (Phi) is 5.94. The molecular weight excluding hydrogens is 435 g/mol. The predicted molar refractivity (Wildman–Crippen MR) is 112 cm³/mol. The molecule has 3 aromatic heterocycles. The van der Waals surface area contributed by atoms with Crippen LogP contribution in [0, 0.1) is 0 Å². The van der Waals surface area contributed by atoms with E-state index in [1.54, 1.807) is 59.6 Å². The number of hydrogen-bond acceptors (Lipinski definition) is 7. The van der Waals surface area contributed by atoms with Crippen LogP contribution in [0.2, 0.25) is 10.0 Å². The smallest absolute Gasteiger partial charge is 0.221 e. The molecule has 148 valence electrons. The summed E-state index contributed by atoms with van der Waals surface area (Å²) in [6, 6.07) is 12.2. The highest BCUT2D eigenvalue weighted by atomic mass is 35.5. The minimum Gasteiger partial charge on any atom is -0.484 e. The van der Waals surface area contributed by atoms with E-state index in [1.807, 2.05) is 6.26 Å². The monoisotopic (exact) mass is 448 g/mol. The molecule has 0 unspecified atom stereocenters. The van der Waals surface area contributed by atoms with E-state index in [-0.39, 0.29) is 6.61 Å². The summed E-state index contributed by atoms with van der Waals surface area (Å²) in [5.41, 5.74) is 0. The molecule has 0 saturated heterocycles. The molecule has 0 N–H and O–H groups in total. The first-order valence-corrected chi connectivity index (χ1v) is 10.4. The van der Waals surface area contributed by atoms with Crippen molar-refractivity contribution < 1.29 is 13.6 Å². The van der Waals surface area contributed by atoms with Gasteiger partial charge in [0.2, 0.25) is 11.0 Å². The SMILES string of the molecule is CSc1nnc(-c2ccco2)n1N=Cc1ccc(COc2cc(Cl)ccc2Cl)o1. The average Bonchev–Trinajstić information content (AvgIpc) is 3.47. The van der Waals surface area contributed by atoms with Crippen molar-refractivity contribution in [2.24, 2.45) is 5.10 Å². The highest BCUT2D eigenvalue weighted by Gasteiger charge is 2.15. The molecular formula is C19H14Cl2N4O3S. The van der Waals surface area contributed by atoms with Crippen molar-refractivity contribution in [2.45, 2.75) is 11.8 Å². The van der Waals surface area contributed by atoms with E-state index < -0.39 is 0 Å². The summed E-state index contributed by atoms with van der Waals surface area (Å²) in [4.78, 5) is 0. The van der Waals surface area contributed by atoms with Crippen LogP contribution in [0.3, 0.4) is 0 Å². The van der Waals surface area contributed by atoms with Gasteiger partial charge in [0.05, 0.1) is 17.5 Å². The van der Waals surface area contributed by atoms with E-state index in [0.29, 0.717) is 44.1 Å². The molecule has 4 rings (SSSR count). The summed E-state index contributed by atoms with van der Waals surface area (Å²) in [5.74, 6) is 2.72. The summed E-state index contributed by atoms with van der Waals surface area (Å²) < 4.78 is 18.4. The number of halogens is 2. The molecule has 3 heterocycles. The molecule has 0 aliphatic rings. The number of aromatic nitrogens is 3. The van der Waals surface area contributed by atoms with Gasteiger partial charge in [-0.15, -0.1) is 10.2 Å². The van der Waals surface area contributed by atoms with E-state index in [9.17, 15) is 0 Å². The molecule has 0 atom stereocenters. The lowest BCUT2D eigenvalue weighted by atomic mass is 10.3. The number of hydrogen-bond donors (Lipinski definition) is 0. The number of ether oxygens (including phenoxy) is 1. The second kappa shape index (κ2) is 8.77. The van der Waals surface area contributed by atoms with Crippen LogP contribution in [0.25, 0.3) is 11.6 Å². The van der Waals surface area contributed by atoms with Crippen LogP contribution in [0.1, 0.15) is 11.5 Å². The zero-order valence-electron chi connectivity index (χ0n) is 15.1. The summed E-state index contributed by atoms with van der Waals surface area (Å²) >= 11 is 13.5. The number of thioether (sulfide) groups is 1. The molecule has 0 spiro atoms. The van der Waals surface area contributed by atoms with Crippen LogP contribution >= 0.6 is 35.0 Å². The zero-order chi connectivity index (χ0) is 20.2. The van der Waals surface area contributed by atoms with Crippen molar-refractivity contribution in [3.63, 3.8) is 0 Å². The third-order valence-corrected chi connectivity index (χ3v) is 4.95. The van der Waals surface area contributed by atoms with Crippen LogP contribution in [-0.4, -0.2) is 27.3 Å². The first kappa shape index (κ1) is 19.6. The third kappa shape index (κ3) is 4.50. The van der Waals surface area contributed by atoms with Gasteiger partial charge in [0.1, 0.15) is 23.9 Å². The van der Waals surface area contributed by atoms with Gasteiger partial charge in [-0.2, -0.15) is 9.78 Å². The van der Waals surface area contributed by atoms with E-state index in [4.69, 9.17) is 36.8 Å². The second-order valence-electron chi connectivity index (χ2n) is 5.71. The van der Waals surface area contributed by atoms with Gasteiger partial charge < -0.3 is 13.6 Å². The molecule has 7 nitrogen and oxygen atoms in total. The van der Waals surface area contributed by atoms with Gasteiger partial charge in [-0.3, -0.25) is 0 Å². The number of furan rings is 2. The molecule has 1 aromatic carbocycles. The normalized spacial score (nSPS) is 11.4. The molecule has 10 heteroatoms. The minimum absolute atomic E-state index is 0.203. The fraction of sp³-hybridized carbons (Fsp3) is 0.105. The molecule has 0 fully saturated rings. The highest BCUT2D eigenvalue weighted by molar-refractivity contribution is 7.98. The van der Waals surface area contributed by atoms with Crippen molar-refractivity contribution in [3.05, 3.63) is 70.3 Å². The van der Waals surface area contributed by atoms with E-state index in [0.717, 1.165) is 0 Å². The van der Waals surface area contributed by atoms with Crippen LogP contribution < -0.4 is 4.74 Å². The summed E-state index contributed by atoms with van der Waals surface area (Å²) in [6.07, 6.45) is 5.04. The van der Waals surface area contributed by atoms with E-state index >= 15 is 0 Å². The molecule has 4 aromatic rings. The third-order valence-electron chi connectivity index (χ3n) is 3.78.